The van der Waals surface area contributed by atoms with Crippen molar-refractivity contribution in [1.29, 1.82) is 0 Å². The van der Waals surface area contributed by atoms with Gasteiger partial charge in [-0.05, 0) is 37.3 Å². The highest BCUT2D eigenvalue weighted by Gasteiger charge is 2.24. The Hall–Kier alpha value is -0.0400. The first-order chi connectivity index (χ1) is 5.25. The van der Waals surface area contributed by atoms with Crippen molar-refractivity contribution in [2.75, 3.05) is 13.1 Å². The summed E-state index contributed by atoms with van der Waals surface area (Å²) in [7, 11) is 0. The lowest BCUT2D eigenvalue weighted by atomic mass is 9.78. The van der Waals surface area contributed by atoms with Gasteiger partial charge in [0.05, 0.1) is 0 Å². The van der Waals surface area contributed by atoms with Gasteiger partial charge in [-0.25, -0.2) is 0 Å². The molecule has 66 valence electrons. The van der Waals surface area contributed by atoms with Crippen LogP contribution in [0, 0.1) is 17.8 Å². The van der Waals surface area contributed by atoms with Crippen molar-refractivity contribution in [2.45, 2.75) is 33.6 Å². The first kappa shape index (κ1) is 9.05. The van der Waals surface area contributed by atoms with Crippen LogP contribution in [-0.4, -0.2) is 13.1 Å². The molecule has 1 N–H and O–H groups in total. The second-order valence-corrected chi connectivity index (χ2v) is 4.02. The molecule has 0 bridgehead atoms. The first-order valence-corrected chi connectivity index (χ1v) is 4.96. The quantitative estimate of drug-likeness (QED) is 0.645. The molecule has 3 atom stereocenters. The van der Waals surface area contributed by atoms with Gasteiger partial charge >= 0.3 is 0 Å². The van der Waals surface area contributed by atoms with E-state index in [0.29, 0.717) is 0 Å². The molecule has 1 aliphatic heterocycles. The van der Waals surface area contributed by atoms with Crippen molar-refractivity contribution in [3.05, 3.63) is 0 Å². The van der Waals surface area contributed by atoms with E-state index >= 15 is 0 Å². The van der Waals surface area contributed by atoms with Gasteiger partial charge in [-0.1, -0.05) is 27.2 Å². The highest BCUT2D eigenvalue weighted by atomic mass is 14.9. The van der Waals surface area contributed by atoms with E-state index in [1.165, 1.54) is 25.9 Å². The standard InChI is InChI=1S/C10H21N/c1-4-8(2)10-5-6-11-7-9(10)3/h8-11H,4-7H2,1-3H3/t8-,9?,10?/m0/s1. The van der Waals surface area contributed by atoms with Crippen molar-refractivity contribution < 1.29 is 0 Å². The maximum absolute atomic E-state index is 3.44. The summed E-state index contributed by atoms with van der Waals surface area (Å²) in [5.41, 5.74) is 0. The lowest BCUT2D eigenvalue weighted by Gasteiger charge is -2.33. The predicted molar refractivity (Wildman–Crippen MR) is 49.6 cm³/mol. The van der Waals surface area contributed by atoms with Gasteiger partial charge in [-0.15, -0.1) is 0 Å². The normalized spacial score (nSPS) is 35.2. The van der Waals surface area contributed by atoms with Crippen LogP contribution in [-0.2, 0) is 0 Å². The van der Waals surface area contributed by atoms with Gasteiger partial charge in [0.2, 0.25) is 0 Å². The monoisotopic (exact) mass is 155 g/mol. The summed E-state index contributed by atoms with van der Waals surface area (Å²) in [5.74, 6) is 2.78. The Morgan fingerprint density at radius 1 is 1.55 bits per heavy atom. The summed E-state index contributed by atoms with van der Waals surface area (Å²) in [6.07, 6.45) is 2.73. The molecule has 0 aromatic carbocycles. The fourth-order valence-electron chi connectivity index (χ4n) is 2.18. The first-order valence-electron chi connectivity index (χ1n) is 4.96. The predicted octanol–water partition coefficient (Wildman–Crippen LogP) is 2.28. The van der Waals surface area contributed by atoms with E-state index in [4.69, 9.17) is 0 Å². The molecule has 1 saturated heterocycles. The van der Waals surface area contributed by atoms with Gasteiger partial charge in [0, 0.05) is 0 Å². The van der Waals surface area contributed by atoms with Crippen molar-refractivity contribution in [2.24, 2.45) is 17.8 Å². The maximum Gasteiger partial charge on any atom is -0.00204 e. The third kappa shape index (κ3) is 2.19. The minimum Gasteiger partial charge on any atom is -0.316 e. The van der Waals surface area contributed by atoms with E-state index in [1.54, 1.807) is 0 Å². The molecule has 1 rings (SSSR count). The molecule has 0 spiro atoms. The molecule has 0 saturated carbocycles. The van der Waals surface area contributed by atoms with Crippen LogP contribution in [0.15, 0.2) is 0 Å². The lowest BCUT2D eigenvalue weighted by molar-refractivity contribution is 0.195. The fraction of sp³-hybridized carbons (Fsp3) is 1.00. The van der Waals surface area contributed by atoms with E-state index in [2.05, 4.69) is 26.1 Å². The molecule has 1 fully saturated rings. The number of piperidine rings is 1. The van der Waals surface area contributed by atoms with Crippen LogP contribution in [0.5, 0.6) is 0 Å². The molecule has 2 unspecified atom stereocenters. The Balaban J connectivity index is 2.40. The van der Waals surface area contributed by atoms with Gasteiger partial charge in [-0.3, -0.25) is 0 Å². The number of rotatable bonds is 2. The van der Waals surface area contributed by atoms with Crippen molar-refractivity contribution in [3.63, 3.8) is 0 Å². The zero-order chi connectivity index (χ0) is 8.27. The van der Waals surface area contributed by atoms with Crippen LogP contribution in [0.2, 0.25) is 0 Å². The summed E-state index contributed by atoms with van der Waals surface area (Å²) in [5, 5.41) is 3.44. The van der Waals surface area contributed by atoms with Gasteiger partial charge in [0.25, 0.3) is 0 Å². The van der Waals surface area contributed by atoms with Gasteiger partial charge < -0.3 is 5.32 Å². The molecule has 1 nitrogen and oxygen atoms in total. The second kappa shape index (κ2) is 4.10. The Morgan fingerprint density at radius 3 is 2.82 bits per heavy atom. The fourth-order valence-corrected chi connectivity index (χ4v) is 2.18. The molecule has 1 heterocycles. The highest BCUT2D eigenvalue weighted by Crippen LogP contribution is 2.28. The minimum absolute atomic E-state index is 0.888. The SMILES string of the molecule is CC[C@H](C)C1CCNCC1C. The third-order valence-corrected chi connectivity index (χ3v) is 3.23. The lowest BCUT2D eigenvalue weighted by Crippen LogP contribution is -2.37. The van der Waals surface area contributed by atoms with E-state index in [0.717, 1.165) is 17.8 Å². The average Bonchev–Trinajstić information content (AvgIpc) is 2.04. The smallest absolute Gasteiger partial charge is 0.00204 e. The van der Waals surface area contributed by atoms with Crippen LogP contribution >= 0.6 is 0 Å². The van der Waals surface area contributed by atoms with Crippen LogP contribution < -0.4 is 5.32 Å². The molecule has 11 heavy (non-hydrogen) atoms. The summed E-state index contributed by atoms with van der Waals surface area (Å²) in [6, 6.07) is 0. The molecular formula is C10H21N. The van der Waals surface area contributed by atoms with Gasteiger partial charge in [0.1, 0.15) is 0 Å². The van der Waals surface area contributed by atoms with E-state index in [-0.39, 0.29) is 0 Å². The summed E-state index contributed by atoms with van der Waals surface area (Å²) in [6.45, 7) is 9.54. The van der Waals surface area contributed by atoms with Crippen molar-refractivity contribution >= 4 is 0 Å². The molecule has 0 aromatic heterocycles. The summed E-state index contributed by atoms with van der Waals surface area (Å²) >= 11 is 0. The highest BCUT2D eigenvalue weighted by molar-refractivity contribution is 4.77. The van der Waals surface area contributed by atoms with Crippen LogP contribution in [0.3, 0.4) is 0 Å². The zero-order valence-corrected chi connectivity index (χ0v) is 8.06. The van der Waals surface area contributed by atoms with Gasteiger partial charge in [-0.2, -0.15) is 0 Å². The van der Waals surface area contributed by atoms with Crippen LogP contribution in [0.25, 0.3) is 0 Å². The summed E-state index contributed by atoms with van der Waals surface area (Å²) in [4.78, 5) is 0. The average molecular weight is 155 g/mol. The maximum atomic E-state index is 3.44. The van der Waals surface area contributed by atoms with Gasteiger partial charge in [0.15, 0.2) is 0 Å². The van der Waals surface area contributed by atoms with E-state index in [1.807, 2.05) is 0 Å². The number of hydrogen-bond donors (Lipinski definition) is 1. The Kier molecular flexibility index (Phi) is 3.38. The van der Waals surface area contributed by atoms with Crippen molar-refractivity contribution in [3.8, 4) is 0 Å². The van der Waals surface area contributed by atoms with E-state index in [9.17, 15) is 0 Å². The Labute approximate surface area is 70.6 Å². The molecule has 0 aromatic rings. The zero-order valence-electron chi connectivity index (χ0n) is 8.06. The topological polar surface area (TPSA) is 12.0 Å². The molecule has 0 amide bonds. The summed E-state index contributed by atoms with van der Waals surface area (Å²) < 4.78 is 0. The number of nitrogens with one attached hydrogen (secondary N) is 1. The number of hydrogen-bond acceptors (Lipinski definition) is 1. The molecular weight excluding hydrogens is 134 g/mol. The second-order valence-electron chi connectivity index (χ2n) is 4.02. The Bertz CT molecular complexity index is 107. The molecule has 0 aliphatic carbocycles. The molecule has 1 heteroatoms. The van der Waals surface area contributed by atoms with Crippen LogP contribution in [0.1, 0.15) is 33.6 Å². The Morgan fingerprint density at radius 2 is 2.27 bits per heavy atom. The van der Waals surface area contributed by atoms with E-state index < -0.39 is 0 Å². The third-order valence-electron chi connectivity index (χ3n) is 3.23. The largest absolute Gasteiger partial charge is 0.316 e. The molecule has 0 radical (unpaired) electrons. The van der Waals surface area contributed by atoms with Crippen LogP contribution in [0.4, 0.5) is 0 Å². The van der Waals surface area contributed by atoms with Crippen molar-refractivity contribution in [1.82, 2.24) is 5.32 Å². The molecule has 1 aliphatic rings. The minimum atomic E-state index is 0.888.